The number of nitrogens with zero attached hydrogens (tertiary/aromatic N) is 4. The maximum absolute atomic E-state index is 13.1. The van der Waals surface area contributed by atoms with Crippen LogP contribution in [0.2, 0.25) is 0 Å². The third-order valence-electron chi connectivity index (χ3n) is 5.97. The average molecular weight is 493 g/mol. The van der Waals surface area contributed by atoms with E-state index in [2.05, 4.69) is 32.1 Å². The van der Waals surface area contributed by atoms with Crippen LogP contribution in [0, 0.1) is 0 Å². The molecule has 0 fully saturated rings. The summed E-state index contributed by atoms with van der Waals surface area (Å²) in [4.78, 5) is 26.8. The van der Waals surface area contributed by atoms with Gasteiger partial charge in [0.25, 0.3) is 5.91 Å². The molecule has 7 nitrogen and oxygen atoms in total. The average Bonchev–Trinajstić information content (AvgIpc) is 3.46. The topological polar surface area (TPSA) is 78.3 Å². The zero-order valence-corrected chi connectivity index (χ0v) is 19.6. The molecular weight excluding hydrogens is 469 g/mol. The lowest BCUT2D eigenvalue weighted by atomic mass is 10.0. The molecule has 0 bridgehead atoms. The Bertz CT molecular complexity index is 1570. The first-order chi connectivity index (χ1) is 17.2. The number of halogens is 3. The van der Waals surface area contributed by atoms with Crippen molar-refractivity contribution in [2.24, 2.45) is 0 Å². The highest BCUT2D eigenvalue weighted by Gasteiger charge is 2.30. The van der Waals surface area contributed by atoms with Crippen LogP contribution in [0.15, 0.2) is 67.0 Å². The first-order valence-corrected chi connectivity index (χ1v) is 11.3. The lowest BCUT2D eigenvalue weighted by Crippen LogP contribution is -2.16. The van der Waals surface area contributed by atoms with Gasteiger partial charge in [0.1, 0.15) is 11.3 Å². The van der Waals surface area contributed by atoms with Gasteiger partial charge in [0.05, 0.1) is 16.6 Å². The number of hydrogen-bond acceptors (Lipinski definition) is 4. The van der Waals surface area contributed by atoms with Gasteiger partial charge in [0, 0.05) is 18.9 Å². The van der Waals surface area contributed by atoms with E-state index in [-0.39, 0.29) is 11.6 Å². The molecule has 184 valence electrons. The number of aromatic amines is 1. The van der Waals surface area contributed by atoms with Crippen LogP contribution < -0.4 is 5.32 Å². The summed E-state index contributed by atoms with van der Waals surface area (Å²) in [6, 6.07) is 14.1. The van der Waals surface area contributed by atoms with Gasteiger partial charge in [0.2, 0.25) is 5.95 Å². The first-order valence-electron chi connectivity index (χ1n) is 11.3. The number of anilines is 1. The highest BCUT2D eigenvalue weighted by atomic mass is 19.4. The number of benzene rings is 2. The number of pyridine rings is 1. The molecule has 0 aliphatic rings. The smallest absolute Gasteiger partial charge is 0.324 e. The van der Waals surface area contributed by atoms with E-state index < -0.39 is 17.6 Å². The van der Waals surface area contributed by atoms with E-state index >= 15 is 0 Å². The van der Waals surface area contributed by atoms with Gasteiger partial charge in [-0.3, -0.25) is 10.1 Å². The number of fused-ring (bicyclic) bond motifs is 2. The summed E-state index contributed by atoms with van der Waals surface area (Å²) in [5, 5.41) is 2.71. The Morgan fingerprint density at radius 2 is 1.86 bits per heavy atom. The largest absolute Gasteiger partial charge is 0.416 e. The quantitative estimate of drug-likeness (QED) is 0.324. The van der Waals surface area contributed by atoms with Gasteiger partial charge in [-0.25, -0.2) is 9.97 Å². The number of imidazole rings is 2. The van der Waals surface area contributed by atoms with Crippen LogP contribution >= 0.6 is 0 Å². The van der Waals surface area contributed by atoms with E-state index in [0.717, 1.165) is 30.8 Å². The summed E-state index contributed by atoms with van der Waals surface area (Å²) >= 11 is 0. The summed E-state index contributed by atoms with van der Waals surface area (Å²) in [7, 11) is 2.03. The van der Waals surface area contributed by atoms with Crippen molar-refractivity contribution in [3.63, 3.8) is 0 Å². The predicted molar refractivity (Wildman–Crippen MR) is 132 cm³/mol. The summed E-state index contributed by atoms with van der Waals surface area (Å²) < 4.78 is 41.1. The Kier molecular flexibility index (Phi) is 5.97. The first kappa shape index (κ1) is 23.6. The number of alkyl halides is 3. The molecule has 3 heterocycles. The number of rotatable bonds is 6. The number of carbonyl (C=O) groups is 1. The molecule has 2 aromatic carbocycles. The number of carbonyl (C=O) groups excluding carboxylic acids is 1. The van der Waals surface area contributed by atoms with Crippen LogP contribution in [0.25, 0.3) is 27.8 Å². The third-order valence-corrected chi connectivity index (χ3v) is 5.97. The lowest BCUT2D eigenvalue weighted by Gasteiger charge is -2.13. The Morgan fingerprint density at radius 1 is 1.06 bits per heavy atom. The molecule has 0 aliphatic heterocycles. The van der Waals surface area contributed by atoms with Crippen LogP contribution in [0.1, 0.15) is 28.5 Å². The summed E-state index contributed by atoms with van der Waals surface area (Å²) in [6.07, 6.45) is -0.812. The van der Waals surface area contributed by atoms with E-state index in [1.54, 1.807) is 30.5 Å². The van der Waals surface area contributed by atoms with Gasteiger partial charge < -0.3 is 14.3 Å². The second-order valence-electron chi connectivity index (χ2n) is 8.61. The third kappa shape index (κ3) is 4.80. The molecule has 5 rings (SSSR count). The van der Waals surface area contributed by atoms with Crippen molar-refractivity contribution < 1.29 is 18.0 Å². The normalized spacial score (nSPS) is 12.1. The number of nitrogens with one attached hydrogen (secondary N) is 2. The van der Waals surface area contributed by atoms with Crippen molar-refractivity contribution in [1.82, 2.24) is 24.3 Å². The van der Waals surface area contributed by atoms with Crippen LogP contribution in [-0.2, 0) is 12.7 Å². The SMILES string of the molecule is CCN(C)Cc1ccc2nc(C(=O)Nc3nc4ccc(-c5cccc(C(F)(F)F)c5)cc4[nH]3)cn2c1. The molecule has 5 aromatic rings. The molecule has 3 aromatic heterocycles. The second kappa shape index (κ2) is 9.12. The maximum Gasteiger partial charge on any atom is 0.416 e. The highest BCUT2D eigenvalue weighted by Crippen LogP contribution is 2.33. The standard InChI is InChI=1S/C26H23F3N6O/c1-3-34(2)13-16-7-10-23-30-22(15-35(23)14-16)24(36)33-25-31-20-9-8-18(12-21(20)32-25)17-5-4-6-19(11-17)26(27,28)29/h4-12,14-15H,3,13H2,1-2H3,(H2,31,32,33,36). The lowest BCUT2D eigenvalue weighted by molar-refractivity contribution is -0.137. The molecule has 0 aliphatic carbocycles. The van der Waals surface area contributed by atoms with E-state index in [9.17, 15) is 18.0 Å². The number of amides is 1. The molecule has 1 amide bonds. The monoisotopic (exact) mass is 492 g/mol. The Hall–Kier alpha value is -4.18. The highest BCUT2D eigenvalue weighted by molar-refractivity contribution is 6.03. The minimum atomic E-state index is -4.42. The van der Waals surface area contributed by atoms with Crippen molar-refractivity contribution in [2.75, 3.05) is 18.9 Å². The van der Waals surface area contributed by atoms with Crippen LogP contribution in [0.4, 0.5) is 19.1 Å². The number of aromatic nitrogens is 4. The predicted octanol–water partition coefficient (Wildman–Crippen LogP) is 5.60. The molecule has 0 saturated heterocycles. The molecule has 36 heavy (non-hydrogen) atoms. The summed E-state index contributed by atoms with van der Waals surface area (Å²) in [5.74, 6) is -0.207. The molecule has 0 radical (unpaired) electrons. The van der Waals surface area contributed by atoms with Crippen LogP contribution in [-0.4, -0.2) is 43.8 Å². The molecule has 10 heteroatoms. The molecule has 0 saturated carbocycles. The fraction of sp³-hybridized carbons (Fsp3) is 0.192. The summed E-state index contributed by atoms with van der Waals surface area (Å²) in [5.41, 5.74) is 3.46. The second-order valence-corrected chi connectivity index (χ2v) is 8.61. The summed E-state index contributed by atoms with van der Waals surface area (Å²) in [6.45, 7) is 3.80. The van der Waals surface area contributed by atoms with Gasteiger partial charge in [-0.15, -0.1) is 0 Å². The number of hydrogen-bond donors (Lipinski definition) is 2. The molecule has 0 atom stereocenters. The van der Waals surface area contributed by atoms with Crippen LogP contribution in [0.5, 0.6) is 0 Å². The minimum absolute atomic E-state index is 0.221. The Labute approximate surface area is 204 Å². The molecular formula is C26H23F3N6O. The maximum atomic E-state index is 13.1. The van der Waals surface area contributed by atoms with E-state index in [1.807, 2.05) is 29.8 Å². The zero-order chi connectivity index (χ0) is 25.4. The van der Waals surface area contributed by atoms with E-state index in [1.165, 1.54) is 6.07 Å². The van der Waals surface area contributed by atoms with Crippen molar-refractivity contribution >= 4 is 28.5 Å². The van der Waals surface area contributed by atoms with Crippen molar-refractivity contribution in [1.29, 1.82) is 0 Å². The molecule has 0 spiro atoms. The Balaban J connectivity index is 1.36. The fourth-order valence-electron chi connectivity index (χ4n) is 3.96. The van der Waals surface area contributed by atoms with Gasteiger partial charge in [-0.2, -0.15) is 13.2 Å². The Morgan fingerprint density at radius 3 is 2.64 bits per heavy atom. The van der Waals surface area contributed by atoms with Gasteiger partial charge in [-0.1, -0.05) is 31.2 Å². The van der Waals surface area contributed by atoms with Gasteiger partial charge in [-0.05, 0) is 60.6 Å². The van der Waals surface area contributed by atoms with Crippen molar-refractivity contribution in [3.05, 3.63) is 83.8 Å². The molecule has 0 unspecified atom stereocenters. The minimum Gasteiger partial charge on any atom is -0.324 e. The van der Waals surface area contributed by atoms with E-state index in [4.69, 9.17) is 0 Å². The van der Waals surface area contributed by atoms with Crippen molar-refractivity contribution in [3.8, 4) is 11.1 Å². The number of H-pyrrole nitrogens is 1. The van der Waals surface area contributed by atoms with Crippen LogP contribution in [0.3, 0.4) is 0 Å². The van der Waals surface area contributed by atoms with Gasteiger partial charge in [0.15, 0.2) is 0 Å². The fourth-order valence-corrected chi connectivity index (χ4v) is 3.96. The van der Waals surface area contributed by atoms with Gasteiger partial charge >= 0.3 is 6.18 Å². The van der Waals surface area contributed by atoms with Crippen molar-refractivity contribution in [2.45, 2.75) is 19.6 Å². The zero-order valence-electron chi connectivity index (χ0n) is 19.6. The van der Waals surface area contributed by atoms with E-state index in [0.29, 0.717) is 27.8 Å². The molecule has 2 N–H and O–H groups in total.